The zero-order chi connectivity index (χ0) is 21.0. The van der Waals surface area contributed by atoms with E-state index in [2.05, 4.69) is 22.4 Å². The molecule has 0 aliphatic carbocycles. The fraction of sp³-hybridized carbons (Fsp3) is 0.280. The maximum Gasteiger partial charge on any atom is 0.231 e. The van der Waals surface area contributed by atoms with Crippen LogP contribution in [0.5, 0.6) is 0 Å². The topological polar surface area (TPSA) is 74.4 Å². The Hall–Kier alpha value is -3.38. The molecule has 2 aromatic carbocycles. The third-order valence-electron chi connectivity index (χ3n) is 6.85. The summed E-state index contributed by atoms with van der Waals surface area (Å²) in [4.78, 5) is 31.6. The van der Waals surface area contributed by atoms with Gasteiger partial charge in [0.2, 0.25) is 11.8 Å². The van der Waals surface area contributed by atoms with E-state index in [9.17, 15) is 9.59 Å². The highest BCUT2D eigenvalue weighted by Crippen LogP contribution is 2.52. The normalized spacial score (nSPS) is 28.5. The number of anilines is 1. The first-order valence-corrected chi connectivity index (χ1v) is 10.7. The molecular formula is C25H23N3O3. The van der Waals surface area contributed by atoms with E-state index in [0.717, 1.165) is 17.6 Å². The summed E-state index contributed by atoms with van der Waals surface area (Å²) in [7, 11) is 0. The van der Waals surface area contributed by atoms with E-state index in [1.54, 1.807) is 0 Å². The van der Waals surface area contributed by atoms with Gasteiger partial charge in [-0.2, -0.15) is 0 Å². The largest absolute Gasteiger partial charge is 0.361 e. The lowest BCUT2D eigenvalue weighted by atomic mass is 9.77. The van der Waals surface area contributed by atoms with Gasteiger partial charge < -0.3 is 19.9 Å². The van der Waals surface area contributed by atoms with Crippen molar-refractivity contribution in [3.8, 4) is 0 Å². The summed E-state index contributed by atoms with van der Waals surface area (Å²) in [5.74, 6) is -1.11. The second kappa shape index (κ2) is 6.82. The number of H-pyrrole nitrogens is 1. The molecule has 4 atom stereocenters. The monoisotopic (exact) mass is 413 g/mol. The fourth-order valence-electron chi connectivity index (χ4n) is 5.41. The van der Waals surface area contributed by atoms with Gasteiger partial charge in [0, 0.05) is 29.3 Å². The summed E-state index contributed by atoms with van der Waals surface area (Å²) < 4.78 is 6.22. The molecule has 4 heterocycles. The van der Waals surface area contributed by atoms with Gasteiger partial charge in [-0.05, 0) is 30.2 Å². The van der Waals surface area contributed by atoms with Crippen LogP contribution in [-0.4, -0.2) is 46.5 Å². The first-order chi connectivity index (χ1) is 15.1. The van der Waals surface area contributed by atoms with Gasteiger partial charge in [0.1, 0.15) is 5.60 Å². The maximum absolute atomic E-state index is 13.4. The van der Waals surface area contributed by atoms with Crippen molar-refractivity contribution in [1.29, 1.82) is 0 Å². The molecule has 2 saturated heterocycles. The average Bonchev–Trinajstić information content (AvgIpc) is 3.53. The molecule has 156 valence electrons. The number of benzene rings is 2. The molecule has 3 aliphatic heterocycles. The molecule has 0 unspecified atom stereocenters. The van der Waals surface area contributed by atoms with Crippen molar-refractivity contribution >= 4 is 28.4 Å². The van der Waals surface area contributed by atoms with E-state index < -0.39 is 17.4 Å². The standard InChI is InChI=1S/C25H23N3O3/c29-23(27-17-6-2-1-3-7-17)21-20-10-12-25(31-20)15-28(24(30)22(21)25)13-11-16-14-26-19-9-5-4-8-18(16)19/h1-10,12,14,20-22,26H,11,13,15H2,(H,27,29)/t20-,21-,22+,25+/m1/s1. The third kappa shape index (κ3) is 2.82. The third-order valence-corrected chi connectivity index (χ3v) is 6.85. The summed E-state index contributed by atoms with van der Waals surface area (Å²) in [5, 5.41) is 4.15. The Morgan fingerprint density at radius 1 is 1.16 bits per heavy atom. The minimum atomic E-state index is -0.680. The van der Waals surface area contributed by atoms with Crippen LogP contribution in [0.2, 0.25) is 0 Å². The van der Waals surface area contributed by atoms with Crippen molar-refractivity contribution in [2.75, 3.05) is 18.4 Å². The molecule has 2 fully saturated rings. The zero-order valence-electron chi connectivity index (χ0n) is 17.0. The lowest BCUT2D eigenvalue weighted by Gasteiger charge is -2.23. The molecule has 6 heteroatoms. The number of likely N-dealkylation sites (tertiary alicyclic amines) is 1. The number of ether oxygens (including phenoxy) is 1. The minimum absolute atomic E-state index is 0.0138. The van der Waals surface area contributed by atoms with Crippen LogP contribution in [-0.2, 0) is 20.7 Å². The molecule has 3 aliphatic rings. The number of rotatable bonds is 5. The number of carbonyl (C=O) groups excluding carboxylic acids is 2. The van der Waals surface area contributed by atoms with Gasteiger partial charge in [-0.3, -0.25) is 9.59 Å². The number of carbonyl (C=O) groups is 2. The molecule has 0 radical (unpaired) electrons. The number of aromatic amines is 1. The number of hydrogen-bond donors (Lipinski definition) is 2. The highest BCUT2D eigenvalue weighted by atomic mass is 16.5. The molecule has 6 nitrogen and oxygen atoms in total. The van der Waals surface area contributed by atoms with Gasteiger partial charge in [-0.15, -0.1) is 0 Å². The predicted octanol–water partition coefficient (Wildman–Crippen LogP) is 3.13. The molecule has 2 N–H and O–H groups in total. The molecule has 31 heavy (non-hydrogen) atoms. The van der Waals surface area contributed by atoms with Crippen LogP contribution < -0.4 is 5.32 Å². The molecule has 0 saturated carbocycles. The number of nitrogens with zero attached hydrogens (tertiary/aromatic N) is 1. The molecule has 6 rings (SSSR count). The Kier molecular flexibility index (Phi) is 4.05. The smallest absolute Gasteiger partial charge is 0.231 e. The van der Waals surface area contributed by atoms with Crippen LogP contribution in [0.4, 0.5) is 5.69 Å². The number of nitrogens with one attached hydrogen (secondary N) is 2. The second-order valence-corrected chi connectivity index (χ2v) is 8.62. The van der Waals surface area contributed by atoms with Gasteiger partial charge in [0.05, 0.1) is 24.5 Å². The fourth-order valence-corrected chi connectivity index (χ4v) is 5.41. The van der Waals surface area contributed by atoms with Gasteiger partial charge in [0.15, 0.2) is 0 Å². The molecule has 1 aromatic heterocycles. The van der Waals surface area contributed by atoms with Crippen LogP contribution in [0.25, 0.3) is 10.9 Å². The van der Waals surface area contributed by atoms with Gasteiger partial charge in [-0.1, -0.05) is 48.6 Å². The van der Waals surface area contributed by atoms with E-state index >= 15 is 0 Å². The quantitative estimate of drug-likeness (QED) is 0.631. The number of aromatic nitrogens is 1. The summed E-state index contributed by atoms with van der Waals surface area (Å²) in [6.07, 6.45) is 6.38. The number of hydrogen-bond acceptors (Lipinski definition) is 3. The molecule has 1 spiro atoms. The van der Waals surface area contributed by atoms with Crippen LogP contribution in [0.1, 0.15) is 5.56 Å². The van der Waals surface area contributed by atoms with Crippen LogP contribution in [0.3, 0.4) is 0 Å². The highest BCUT2D eigenvalue weighted by Gasteiger charge is 2.66. The van der Waals surface area contributed by atoms with E-state index in [1.165, 1.54) is 10.9 Å². The first kappa shape index (κ1) is 18.4. The molecule has 2 amide bonds. The SMILES string of the molecule is O=C(Nc1ccccc1)[C@H]1[C@H]2C(=O)N(CCc3c[nH]c4ccccc34)C[C@@]23C=C[C@H]1O3. The minimum Gasteiger partial charge on any atom is -0.361 e. The van der Waals surface area contributed by atoms with Gasteiger partial charge >= 0.3 is 0 Å². The second-order valence-electron chi connectivity index (χ2n) is 8.62. The van der Waals surface area contributed by atoms with E-state index in [1.807, 2.05) is 65.7 Å². The van der Waals surface area contributed by atoms with Crippen LogP contribution in [0.15, 0.2) is 72.9 Å². The molecule has 3 aromatic rings. The lowest BCUT2D eigenvalue weighted by Crippen LogP contribution is -2.41. The Balaban J connectivity index is 1.21. The Labute approximate surface area is 179 Å². The number of para-hydroxylation sites is 2. The highest BCUT2D eigenvalue weighted by molar-refractivity contribution is 5.99. The summed E-state index contributed by atoms with van der Waals surface area (Å²) >= 11 is 0. The maximum atomic E-state index is 13.4. The average molecular weight is 413 g/mol. The molecular weight excluding hydrogens is 390 g/mol. The van der Waals surface area contributed by atoms with Crippen molar-refractivity contribution in [3.63, 3.8) is 0 Å². The summed E-state index contributed by atoms with van der Waals surface area (Å²) in [6.45, 7) is 1.11. The zero-order valence-corrected chi connectivity index (χ0v) is 17.0. The Morgan fingerprint density at radius 3 is 2.84 bits per heavy atom. The van der Waals surface area contributed by atoms with Crippen LogP contribution >= 0.6 is 0 Å². The van der Waals surface area contributed by atoms with Gasteiger partial charge in [-0.25, -0.2) is 0 Å². The Morgan fingerprint density at radius 2 is 1.97 bits per heavy atom. The van der Waals surface area contributed by atoms with Crippen molar-refractivity contribution in [2.24, 2.45) is 11.8 Å². The first-order valence-electron chi connectivity index (χ1n) is 10.7. The van der Waals surface area contributed by atoms with Crippen molar-refractivity contribution in [2.45, 2.75) is 18.1 Å². The lowest BCUT2D eigenvalue weighted by molar-refractivity contribution is -0.135. The van der Waals surface area contributed by atoms with Crippen LogP contribution in [0, 0.1) is 11.8 Å². The summed E-state index contributed by atoms with van der Waals surface area (Å²) in [5.41, 5.74) is 2.34. The Bertz CT molecular complexity index is 1200. The van der Waals surface area contributed by atoms with Crippen molar-refractivity contribution < 1.29 is 14.3 Å². The van der Waals surface area contributed by atoms with E-state index in [0.29, 0.717) is 13.1 Å². The van der Waals surface area contributed by atoms with E-state index in [-0.39, 0.29) is 17.9 Å². The predicted molar refractivity (Wildman–Crippen MR) is 117 cm³/mol. The summed E-state index contributed by atoms with van der Waals surface area (Å²) in [6, 6.07) is 17.5. The number of amides is 2. The number of fused-ring (bicyclic) bond motifs is 2. The van der Waals surface area contributed by atoms with Gasteiger partial charge in [0.25, 0.3) is 0 Å². The van der Waals surface area contributed by atoms with E-state index in [4.69, 9.17) is 4.74 Å². The van der Waals surface area contributed by atoms with Crippen molar-refractivity contribution in [1.82, 2.24) is 9.88 Å². The van der Waals surface area contributed by atoms with Crippen molar-refractivity contribution in [3.05, 3.63) is 78.5 Å². The molecule has 2 bridgehead atoms.